The molecule has 3 rings (SSSR count). The number of pyridine rings is 2. The van der Waals surface area contributed by atoms with Gasteiger partial charge in [0.1, 0.15) is 0 Å². The topological polar surface area (TPSA) is 25.8 Å². The van der Waals surface area contributed by atoms with Crippen molar-refractivity contribution in [1.29, 1.82) is 0 Å². The van der Waals surface area contributed by atoms with E-state index in [2.05, 4.69) is 34.2 Å². The maximum absolute atomic E-state index is 4.52. The first kappa shape index (κ1) is 11.6. The van der Waals surface area contributed by atoms with E-state index in [1.165, 1.54) is 0 Å². The van der Waals surface area contributed by atoms with Crippen LogP contribution in [-0.4, -0.2) is 9.97 Å². The fourth-order valence-electron chi connectivity index (χ4n) is 1.98. The lowest BCUT2D eigenvalue weighted by Gasteiger charge is -2.04. The molecule has 0 N–H and O–H groups in total. The summed E-state index contributed by atoms with van der Waals surface area (Å²) < 4.78 is 0. The van der Waals surface area contributed by atoms with Crippen LogP contribution in [0.25, 0.3) is 22.4 Å². The van der Waals surface area contributed by atoms with Crippen molar-refractivity contribution in [3.05, 3.63) is 72.7 Å². The van der Waals surface area contributed by atoms with Crippen molar-refractivity contribution < 1.29 is 0 Å². The zero-order valence-electron chi connectivity index (χ0n) is 10.7. The van der Waals surface area contributed by atoms with Crippen molar-refractivity contribution in [3.8, 4) is 22.4 Å². The Morgan fingerprint density at radius 1 is 0.632 bits per heavy atom. The van der Waals surface area contributed by atoms with Crippen LogP contribution in [0.4, 0.5) is 0 Å². The summed E-state index contributed by atoms with van der Waals surface area (Å²) in [5.74, 6) is 0. The molecular weight excluding hydrogens is 232 g/mol. The molecule has 3 aromatic rings. The second-order valence-corrected chi connectivity index (χ2v) is 4.49. The maximum Gasteiger partial charge on any atom is 0.0702 e. The van der Waals surface area contributed by atoms with E-state index in [4.69, 9.17) is 0 Å². The summed E-state index contributed by atoms with van der Waals surface area (Å²) >= 11 is 0. The van der Waals surface area contributed by atoms with Gasteiger partial charge in [-0.05, 0) is 19.1 Å². The fraction of sp³-hybridized carbons (Fsp3) is 0.0588. The molecule has 92 valence electrons. The molecule has 0 radical (unpaired) electrons. The first-order valence-electron chi connectivity index (χ1n) is 6.27. The SMILES string of the molecule is Cc1ccc(-c2ccc(-c3ccccc3)nc2)cn1. The van der Waals surface area contributed by atoms with Gasteiger partial charge in [0.2, 0.25) is 0 Å². The molecule has 19 heavy (non-hydrogen) atoms. The standard InChI is InChI=1S/C17H14N2/c1-13-7-8-15(11-18-13)16-9-10-17(19-12-16)14-5-3-2-4-6-14/h2-12H,1H3. The summed E-state index contributed by atoms with van der Waals surface area (Å²) in [5.41, 5.74) is 5.34. The van der Waals surface area contributed by atoms with Crippen LogP contribution in [-0.2, 0) is 0 Å². The van der Waals surface area contributed by atoms with Gasteiger partial charge in [-0.15, -0.1) is 0 Å². The third-order valence-corrected chi connectivity index (χ3v) is 3.08. The molecule has 2 heteroatoms. The summed E-state index contributed by atoms with van der Waals surface area (Å²) in [6, 6.07) is 18.4. The highest BCUT2D eigenvalue weighted by Crippen LogP contribution is 2.21. The third kappa shape index (κ3) is 2.52. The molecule has 2 aromatic heterocycles. The summed E-state index contributed by atoms with van der Waals surface area (Å²) in [5, 5.41) is 0. The summed E-state index contributed by atoms with van der Waals surface area (Å²) in [6.07, 6.45) is 3.78. The van der Waals surface area contributed by atoms with E-state index < -0.39 is 0 Å². The number of nitrogens with zero attached hydrogens (tertiary/aromatic N) is 2. The van der Waals surface area contributed by atoms with Crippen LogP contribution in [0.1, 0.15) is 5.69 Å². The zero-order chi connectivity index (χ0) is 13.1. The molecule has 0 spiro atoms. The van der Waals surface area contributed by atoms with Crippen molar-refractivity contribution in [3.63, 3.8) is 0 Å². The van der Waals surface area contributed by atoms with Crippen molar-refractivity contribution in [2.75, 3.05) is 0 Å². The Morgan fingerprint density at radius 2 is 1.32 bits per heavy atom. The molecule has 0 aliphatic carbocycles. The smallest absolute Gasteiger partial charge is 0.0702 e. The van der Waals surface area contributed by atoms with E-state index in [1.54, 1.807) is 0 Å². The number of hydrogen-bond donors (Lipinski definition) is 0. The maximum atomic E-state index is 4.52. The molecule has 0 fully saturated rings. The highest BCUT2D eigenvalue weighted by Gasteiger charge is 2.01. The van der Waals surface area contributed by atoms with Crippen LogP contribution in [0.5, 0.6) is 0 Å². The average molecular weight is 246 g/mol. The van der Waals surface area contributed by atoms with Gasteiger partial charge in [0.05, 0.1) is 5.69 Å². The molecule has 2 nitrogen and oxygen atoms in total. The van der Waals surface area contributed by atoms with E-state index in [9.17, 15) is 0 Å². The predicted octanol–water partition coefficient (Wildman–Crippen LogP) is 4.12. The van der Waals surface area contributed by atoms with E-state index in [0.717, 1.165) is 28.1 Å². The Labute approximate surface area is 112 Å². The number of rotatable bonds is 2. The van der Waals surface area contributed by atoms with Crippen molar-refractivity contribution >= 4 is 0 Å². The van der Waals surface area contributed by atoms with Crippen molar-refractivity contribution in [1.82, 2.24) is 9.97 Å². The van der Waals surface area contributed by atoms with Gasteiger partial charge in [-0.1, -0.05) is 42.5 Å². The van der Waals surface area contributed by atoms with E-state index >= 15 is 0 Å². The van der Waals surface area contributed by atoms with Gasteiger partial charge >= 0.3 is 0 Å². The highest BCUT2D eigenvalue weighted by atomic mass is 14.7. The summed E-state index contributed by atoms with van der Waals surface area (Å²) in [6.45, 7) is 1.99. The normalized spacial score (nSPS) is 10.4. The number of benzene rings is 1. The molecule has 1 aromatic carbocycles. The predicted molar refractivity (Wildman–Crippen MR) is 77.6 cm³/mol. The molecule has 0 atom stereocenters. The first-order valence-corrected chi connectivity index (χ1v) is 6.27. The van der Waals surface area contributed by atoms with Gasteiger partial charge in [-0.3, -0.25) is 9.97 Å². The van der Waals surface area contributed by atoms with Gasteiger partial charge in [-0.25, -0.2) is 0 Å². The minimum Gasteiger partial charge on any atom is -0.261 e. The summed E-state index contributed by atoms with van der Waals surface area (Å²) in [7, 11) is 0. The number of aryl methyl sites for hydroxylation is 1. The Hall–Kier alpha value is -2.48. The molecule has 0 aliphatic heterocycles. The zero-order valence-corrected chi connectivity index (χ0v) is 10.7. The summed E-state index contributed by atoms with van der Waals surface area (Å²) in [4.78, 5) is 8.83. The third-order valence-electron chi connectivity index (χ3n) is 3.08. The van der Waals surface area contributed by atoms with Gasteiger partial charge < -0.3 is 0 Å². The molecule has 2 heterocycles. The minimum absolute atomic E-state index is 0.990. The number of hydrogen-bond acceptors (Lipinski definition) is 2. The van der Waals surface area contributed by atoms with Gasteiger partial charge in [-0.2, -0.15) is 0 Å². The van der Waals surface area contributed by atoms with E-state index in [-0.39, 0.29) is 0 Å². The molecule has 0 unspecified atom stereocenters. The molecule has 0 aliphatic rings. The van der Waals surface area contributed by atoms with Crippen LogP contribution < -0.4 is 0 Å². The monoisotopic (exact) mass is 246 g/mol. The van der Waals surface area contributed by atoms with Gasteiger partial charge in [0, 0.05) is 34.8 Å². The lowest BCUT2D eigenvalue weighted by molar-refractivity contribution is 1.20. The van der Waals surface area contributed by atoms with Crippen LogP contribution in [0.3, 0.4) is 0 Å². The second-order valence-electron chi connectivity index (χ2n) is 4.49. The lowest BCUT2D eigenvalue weighted by Crippen LogP contribution is -1.86. The van der Waals surface area contributed by atoms with Crippen LogP contribution >= 0.6 is 0 Å². The average Bonchev–Trinajstić information content (AvgIpc) is 2.49. The van der Waals surface area contributed by atoms with E-state index in [0.29, 0.717) is 0 Å². The molecular formula is C17H14N2. The minimum atomic E-state index is 0.990. The van der Waals surface area contributed by atoms with Crippen molar-refractivity contribution in [2.24, 2.45) is 0 Å². The highest BCUT2D eigenvalue weighted by molar-refractivity contribution is 5.66. The quantitative estimate of drug-likeness (QED) is 0.679. The molecule has 0 bridgehead atoms. The first-order chi connectivity index (χ1) is 9.33. The second kappa shape index (κ2) is 5.02. The van der Waals surface area contributed by atoms with Crippen LogP contribution in [0.15, 0.2) is 67.0 Å². The Morgan fingerprint density at radius 3 is 1.89 bits per heavy atom. The van der Waals surface area contributed by atoms with Crippen LogP contribution in [0, 0.1) is 6.92 Å². The van der Waals surface area contributed by atoms with E-state index in [1.807, 2.05) is 49.6 Å². The van der Waals surface area contributed by atoms with Crippen LogP contribution in [0.2, 0.25) is 0 Å². The molecule has 0 saturated carbocycles. The molecule has 0 amide bonds. The largest absolute Gasteiger partial charge is 0.261 e. The Kier molecular flexibility index (Phi) is 3.07. The number of aromatic nitrogens is 2. The Balaban J connectivity index is 1.93. The van der Waals surface area contributed by atoms with Gasteiger partial charge in [0.15, 0.2) is 0 Å². The molecule has 0 saturated heterocycles. The van der Waals surface area contributed by atoms with Crippen molar-refractivity contribution in [2.45, 2.75) is 6.92 Å². The fourth-order valence-corrected chi connectivity index (χ4v) is 1.98. The lowest BCUT2D eigenvalue weighted by atomic mass is 10.1. The Bertz CT molecular complexity index is 656. The van der Waals surface area contributed by atoms with Gasteiger partial charge in [0.25, 0.3) is 0 Å².